The van der Waals surface area contributed by atoms with Crippen molar-refractivity contribution < 1.29 is 36.2 Å². The number of esters is 1. The fraction of sp³-hybridized carbons (Fsp3) is 0.524. The second-order valence-electron chi connectivity index (χ2n) is 8.16. The van der Waals surface area contributed by atoms with Crippen LogP contribution in [0, 0.1) is 11.6 Å². The Morgan fingerprint density at radius 2 is 2.03 bits per heavy atom. The summed E-state index contributed by atoms with van der Waals surface area (Å²) >= 11 is 0. The van der Waals surface area contributed by atoms with Crippen LogP contribution in [0.1, 0.15) is 47.0 Å². The number of alkyl halides is 3. The molecule has 2 aliphatic rings. The molecule has 33 heavy (non-hydrogen) atoms. The number of aromatic nitrogens is 2. The van der Waals surface area contributed by atoms with E-state index in [1.807, 2.05) is 0 Å². The molecule has 0 saturated carbocycles. The van der Waals surface area contributed by atoms with Crippen LogP contribution in [0.3, 0.4) is 0 Å². The van der Waals surface area contributed by atoms with Crippen LogP contribution >= 0.6 is 0 Å². The summed E-state index contributed by atoms with van der Waals surface area (Å²) in [7, 11) is 1.59. The zero-order valence-corrected chi connectivity index (χ0v) is 17.9. The number of halogens is 5. The highest BCUT2D eigenvalue weighted by molar-refractivity contribution is 5.85. The van der Waals surface area contributed by atoms with Gasteiger partial charge in [-0.05, 0) is 31.5 Å². The number of benzene rings is 1. The van der Waals surface area contributed by atoms with Gasteiger partial charge in [0.05, 0.1) is 18.0 Å². The molecule has 1 saturated heterocycles. The largest absolute Gasteiger partial charge is 0.460 e. The van der Waals surface area contributed by atoms with Crippen molar-refractivity contribution in [3.05, 3.63) is 52.6 Å². The molecule has 12 heteroatoms. The van der Waals surface area contributed by atoms with Crippen molar-refractivity contribution in [1.82, 2.24) is 14.5 Å². The van der Waals surface area contributed by atoms with Crippen LogP contribution in [-0.2, 0) is 29.6 Å². The summed E-state index contributed by atoms with van der Waals surface area (Å²) in [6, 6.07) is 0.334. The van der Waals surface area contributed by atoms with Gasteiger partial charge in [-0.15, -0.1) is 0 Å². The molecule has 7 nitrogen and oxygen atoms in total. The van der Waals surface area contributed by atoms with Gasteiger partial charge in [0.25, 0.3) is 0 Å². The maximum absolute atomic E-state index is 14.2. The van der Waals surface area contributed by atoms with Crippen LogP contribution in [0.2, 0.25) is 0 Å². The maximum atomic E-state index is 14.2. The lowest BCUT2D eigenvalue weighted by atomic mass is 9.89. The van der Waals surface area contributed by atoms with Gasteiger partial charge < -0.3 is 19.8 Å². The SMILES string of the molecule is CCOC(=O)c1nc2c(n1C)CN(C1C[C@H](N)[C@@H](c3cc(F)ccc3F)O[C@@H]1C(F)(F)F)C2. The smallest absolute Gasteiger partial charge is 0.416 e. The topological polar surface area (TPSA) is 82.6 Å². The minimum atomic E-state index is -4.77. The van der Waals surface area contributed by atoms with E-state index in [9.17, 15) is 26.7 Å². The molecule has 2 aliphatic heterocycles. The molecule has 180 valence electrons. The van der Waals surface area contributed by atoms with E-state index in [2.05, 4.69) is 4.98 Å². The molecule has 2 N–H and O–H groups in total. The van der Waals surface area contributed by atoms with Gasteiger partial charge in [0, 0.05) is 37.8 Å². The van der Waals surface area contributed by atoms with Gasteiger partial charge in [0.15, 0.2) is 6.10 Å². The molecular weight excluding hydrogens is 451 g/mol. The quantitative estimate of drug-likeness (QED) is 0.542. The number of nitrogens with two attached hydrogens (primary N) is 1. The van der Waals surface area contributed by atoms with Gasteiger partial charge in [-0.1, -0.05) is 0 Å². The molecule has 4 atom stereocenters. The molecule has 0 spiro atoms. The average Bonchev–Trinajstić information content (AvgIpc) is 3.28. The van der Waals surface area contributed by atoms with E-state index in [4.69, 9.17) is 15.2 Å². The van der Waals surface area contributed by atoms with E-state index in [0.29, 0.717) is 11.4 Å². The first-order chi connectivity index (χ1) is 15.5. The van der Waals surface area contributed by atoms with Crippen LogP contribution in [-0.4, -0.2) is 51.4 Å². The highest BCUT2D eigenvalue weighted by Crippen LogP contribution is 2.42. The third kappa shape index (κ3) is 4.34. The normalized spacial score (nSPS) is 25.8. The first-order valence-corrected chi connectivity index (χ1v) is 10.4. The van der Waals surface area contributed by atoms with Crippen LogP contribution in [0.25, 0.3) is 0 Å². The van der Waals surface area contributed by atoms with Crippen molar-refractivity contribution in [2.75, 3.05) is 6.61 Å². The Morgan fingerprint density at radius 3 is 2.67 bits per heavy atom. The minimum Gasteiger partial charge on any atom is -0.460 e. The van der Waals surface area contributed by atoms with Crippen molar-refractivity contribution in [2.24, 2.45) is 12.8 Å². The number of hydrogen-bond donors (Lipinski definition) is 1. The summed E-state index contributed by atoms with van der Waals surface area (Å²) in [4.78, 5) is 17.8. The Bertz CT molecular complexity index is 1060. The number of carbonyl (C=O) groups is 1. The van der Waals surface area contributed by atoms with Crippen LogP contribution in [0.4, 0.5) is 22.0 Å². The summed E-state index contributed by atoms with van der Waals surface area (Å²) in [6.07, 6.45) is -8.67. The Hall–Kier alpha value is -2.57. The van der Waals surface area contributed by atoms with E-state index in [1.165, 1.54) is 9.47 Å². The lowest BCUT2D eigenvalue weighted by Crippen LogP contribution is -2.58. The molecule has 1 aromatic heterocycles. The zero-order chi connectivity index (χ0) is 24.1. The highest BCUT2D eigenvalue weighted by atomic mass is 19.4. The third-order valence-corrected chi connectivity index (χ3v) is 6.06. The van der Waals surface area contributed by atoms with Crippen LogP contribution in [0.5, 0.6) is 0 Å². The molecule has 0 radical (unpaired) electrons. The Kier molecular flexibility index (Phi) is 6.18. The first-order valence-electron chi connectivity index (χ1n) is 10.4. The summed E-state index contributed by atoms with van der Waals surface area (Å²) in [5, 5.41) is 0. The lowest BCUT2D eigenvalue weighted by Gasteiger charge is -2.44. The molecule has 0 amide bonds. The highest BCUT2D eigenvalue weighted by Gasteiger charge is 2.54. The van der Waals surface area contributed by atoms with Crippen molar-refractivity contribution >= 4 is 5.97 Å². The Balaban J connectivity index is 1.59. The van der Waals surface area contributed by atoms with Crippen molar-refractivity contribution in [2.45, 2.75) is 56.9 Å². The second kappa shape index (κ2) is 8.65. The van der Waals surface area contributed by atoms with E-state index >= 15 is 0 Å². The summed E-state index contributed by atoms with van der Waals surface area (Å²) in [5.74, 6) is -2.23. The van der Waals surface area contributed by atoms with E-state index in [-0.39, 0.29) is 37.5 Å². The number of nitrogens with zero attached hydrogens (tertiary/aromatic N) is 3. The summed E-state index contributed by atoms with van der Waals surface area (Å²) in [5.41, 5.74) is 6.82. The summed E-state index contributed by atoms with van der Waals surface area (Å²) < 4.78 is 81.6. The predicted octanol–water partition coefficient (Wildman–Crippen LogP) is 2.98. The molecule has 1 unspecified atom stereocenters. The standard InChI is InChI=1S/C21H23F5N4O3/c1-3-32-20(31)19-28-14-8-30(9-16(14)29(19)2)15-7-13(27)17(33-18(15)21(24,25)26)11-6-10(22)4-5-12(11)23/h4-6,13,15,17-18H,3,7-9,27H2,1-2H3/t13-,15?,17+,18-/m0/s1. The van der Waals surface area contributed by atoms with Crippen LogP contribution in [0.15, 0.2) is 18.2 Å². The van der Waals surface area contributed by atoms with Gasteiger partial charge in [-0.3, -0.25) is 4.90 Å². The average molecular weight is 474 g/mol. The molecule has 0 aliphatic carbocycles. The lowest BCUT2D eigenvalue weighted by molar-refractivity contribution is -0.269. The minimum absolute atomic E-state index is 0.0505. The number of rotatable bonds is 4. The third-order valence-electron chi connectivity index (χ3n) is 6.06. The predicted molar refractivity (Wildman–Crippen MR) is 105 cm³/mol. The molecule has 1 fully saturated rings. The number of carbonyl (C=O) groups excluding carboxylic acids is 1. The number of ether oxygens (including phenoxy) is 2. The molecular formula is C21H23F5N4O3. The van der Waals surface area contributed by atoms with Crippen molar-refractivity contribution in [1.29, 1.82) is 0 Å². The fourth-order valence-corrected chi connectivity index (χ4v) is 4.51. The van der Waals surface area contributed by atoms with Gasteiger partial charge in [-0.25, -0.2) is 18.6 Å². The fourth-order valence-electron chi connectivity index (χ4n) is 4.51. The van der Waals surface area contributed by atoms with Crippen LogP contribution < -0.4 is 5.73 Å². The Labute approximate surface area is 186 Å². The van der Waals surface area contributed by atoms with Crippen molar-refractivity contribution in [3.63, 3.8) is 0 Å². The van der Waals surface area contributed by atoms with E-state index in [0.717, 1.165) is 18.2 Å². The molecule has 3 heterocycles. The molecule has 2 aromatic rings. The number of fused-ring (bicyclic) bond motifs is 1. The van der Waals surface area contributed by atoms with Gasteiger partial charge in [0.2, 0.25) is 5.82 Å². The molecule has 1 aromatic carbocycles. The second-order valence-corrected chi connectivity index (χ2v) is 8.16. The zero-order valence-electron chi connectivity index (χ0n) is 17.9. The summed E-state index contributed by atoms with van der Waals surface area (Å²) in [6.45, 7) is 1.96. The number of hydrogen-bond acceptors (Lipinski definition) is 6. The Morgan fingerprint density at radius 1 is 1.30 bits per heavy atom. The van der Waals surface area contributed by atoms with E-state index < -0.39 is 48.1 Å². The monoisotopic (exact) mass is 474 g/mol. The van der Waals surface area contributed by atoms with E-state index in [1.54, 1.807) is 14.0 Å². The van der Waals surface area contributed by atoms with Gasteiger partial charge in [0.1, 0.15) is 17.7 Å². The van der Waals surface area contributed by atoms with Gasteiger partial charge >= 0.3 is 12.1 Å². The molecule has 4 rings (SSSR count). The van der Waals surface area contributed by atoms with Crippen molar-refractivity contribution in [3.8, 4) is 0 Å². The maximum Gasteiger partial charge on any atom is 0.416 e. The van der Waals surface area contributed by atoms with Gasteiger partial charge in [-0.2, -0.15) is 13.2 Å². The molecule has 0 bridgehead atoms. The first kappa shape index (κ1) is 23.6. The number of imidazole rings is 1.